The van der Waals surface area contributed by atoms with E-state index in [1.165, 1.54) is 18.9 Å². The van der Waals surface area contributed by atoms with Gasteiger partial charge in [-0.3, -0.25) is 0 Å². The van der Waals surface area contributed by atoms with E-state index in [0.717, 1.165) is 43.6 Å². The minimum atomic E-state index is -0.463. The summed E-state index contributed by atoms with van der Waals surface area (Å²) < 4.78 is 13.9. The molecule has 4 rings (SSSR count). The van der Waals surface area contributed by atoms with Crippen LogP contribution in [0.5, 0.6) is 0 Å². The van der Waals surface area contributed by atoms with E-state index >= 15 is 0 Å². The fourth-order valence-corrected chi connectivity index (χ4v) is 3.82. The van der Waals surface area contributed by atoms with Crippen molar-refractivity contribution in [3.05, 3.63) is 41.3 Å². The molecule has 140 valence electrons. The van der Waals surface area contributed by atoms with Gasteiger partial charge in [0.25, 0.3) is 0 Å². The van der Waals surface area contributed by atoms with Crippen LogP contribution in [-0.2, 0) is 0 Å². The summed E-state index contributed by atoms with van der Waals surface area (Å²) in [5, 5.41) is 9.27. The summed E-state index contributed by atoms with van der Waals surface area (Å²) in [7, 11) is 0. The minimum Gasteiger partial charge on any atom is -0.367 e. The summed E-state index contributed by atoms with van der Waals surface area (Å²) >= 11 is 0. The molecular formula is C20H23FN6. The number of aryl methyl sites for hydroxylation is 1. The monoisotopic (exact) mass is 366 g/mol. The first-order valence-corrected chi connectivity index (χ1v) is 9.45. The molecule has 0 bridgehead atoms. The average molecular weight is 366 g/mol. The zero-order valence-corrected chi connectivity index (χ0v) is 15.5. The molecule has 3 heterocycles. The summed E-state index contributed by atoms with van der Waals surface area (Å²) in [6.07, 6.45) is 2.43. The largest absolute Gasteiger partial charge is 0.367 e. The zero-order chi connectivity index (χ0) is 18.8. The lowest BCUT2D eigenvalue weighted by Crippen LogP contribution is -2.47. The fraction of sp³-hybridized carbons (Fsp3) is 0.450. The van der Waals surface area contributed by atoms with E-state index in [2.05, 4.69) is 25.8 Å². The second-order valence-corrected chi connectivity index (χ2v) is 7.08. The number of benzene rings is 1. The third kappa shape index (κ3) is 3.52. The molecular weight excluding hydrogens is 343 g/mol. The molecule has 1 aromatic carbocycles. The molecule has 7 heteroatoms. The predicted molar refractivity (Wildman–Crippen MR) is 104 cm³/mol. The number of hydrogen-bond acceptors (Lipinski definition) is 6. The highest BCUT2D eigenvalue weighted by Crippen LogP contribution is 2.26. The first-order chi connectivity index (χ1) is 13.2. The first kappa shape index (κ1) is 17.5. The third-order valence-corrected chi connectivity index (χ3v) is 5.27. The van der Waals surface area contributed by atoms with Crippen molar-refractivity contribution in [2.45, 2.75) is 19.8 Å². The Balaban J connectivity index is 1.50. The Morgan fingerprint density at radius 1 is 0.963 bits per heavy atom. The maximum Gasteiger partial charge on any atom is 0.227 e. The molecule has 0 spiro atoms. The van der Waals surface area contributed by atoms with E-state index in [1.807, 2.05) is 19.1 Å². The standard InChI is InChI=1S/C20H23FN6/c1-15-13-19(26-7-2-3-8-26)24-20(23-15)27-11-9-25(10-12-27)18-6-4-5-17(21)16(18)14-22/h4-6,13H,2-3,7-12H2,1H3. The van der Waals surface area contributed by atoms with Crippen LogP contribution in [0.1, 0.15) is 24.1 Å². The summed E-state index contributed by atoms with van der Waals surface area (Å²) in [4.78, 5) is 16.0. The van der Waals surface area contributed by atoms with Crippen LogP contribution in [0.25, 0.3) is 0 Å². The maximum absolute atomic E-state index is 13.9. The van der Waals surface area contributed by atoms with E-state index < -0.39 is 5.82 Å². The molecule has 0 atom stereocenters. The van der Waals surface area contributed by atoms with E-state index in [-0.39, 0.29) is 5.56 Å². The highest BCUT2D eigenvalue weighted by atomic mass is 19.1. The minimum absolute atomic E-state index is 0.120. The maximum atomic E-state index is 13.9. The van der Waals surface area contributed by atoms with E-state index in [4.69, 9.17) is 4.98 Å². The van der Waals surface area contributed by atoms with Crippen LogP contribution in [0.15, 0.2) is 24.3 Å². The second kappa shape index (κ2) is 7.39. The topological polar surface area (TPSA) is 59.3 Å². The highest BCUT2D eigenvalue weighted by Gasteiger charge is 2.23. The SMILES string of the molecule is Cc1cc(N2CCCC2)nc(N2CCN(c3cccc(F)c3C#N)CC2)n1. The molecule has 0 radical (unpaired) electrons. The number of piperazine rings is 1. The van der Waals surface area contributed by atoms with Crippen LogP contribution >= 0.6 is 0 Å². The van der Waals surface area contributed by atoms with Gasteiger partial charge in [0, 0.05) is 51.0 Å². The predicted octanol–water partition coefficient (Wildman–Crippen LogP) is 2.72. The second-order valence-electron chi connectivity index (χ2n) is 7.08. The molecule has 0 N–H and O–H groups in total. The van der Waals surface area contributed by atoms with Crippen LogP contribution in [0.2, 0.25) is 0 Å². The number of nitrogens with zero attached hydrogens (tertiary/aromatic N) is 6. The number of anilines is 3. The van der Waals surface area contributed by atoms with Crippen LogP contribution in [0.3, 0.4) is 0 Å². The van der Waals surface area contributed by atoms with Gasteiger partial charge < -0.3 is 14.7 Å². The molecule has 6 nitrogen and oxygen atoms in total. The number of halogens is 1. The van der Waals surface area contributed by atoms with Crippen molar-refractivity contribution in [2.75, 3.05) is 54.0 Å². The molecule has 0 saturated carbocycles. The lowest BCUT2D eigenvalue weighted by molar-refractivity contribution is 0.613. The number of aromatic nitrogens is 2. The summed E-state index contributed by atoms with van der Waals surface area (Å²) in [5.74, 6) is 1.31. The van der Waals surface area contributed by atoms with Crippen LogP contribution in [0.4, 0.5) is 21.8 Å². The third-order valence-electron chi connectivity index (χ3n) is 5.27. The van der Waals surface area contributed by atoms with Crippen LogP contribution < -0.4 is 14.7 Å². The molecule has 2 saturated heterocycles. The Bertz CT molecular complexity index is 863. The van der Waals surface area contributed by atoms with Gasteiger partial charge in [-0.1, -0.05) is 6.07 Å². The van der Waals surface area contributed by atoms with Gasteiger partial charge in [0.05, 0.1) is 5.69 Å². The van der Waals surface area contributed by atoms with Crippen molar-refractivity contribution in [3.8, 4) is 6.07 Å². The van der Waals surface area contributed by atoms with Crippen molar-refractivity contribution < 1.29 is 4.39 Å². The summed E-state index contributed by atoms with van der Waals surface area (Å²) in [6.45, 7) is 7.00. The van der Waals surface area contributed by atoms with E-state index in [9.17, 15) is 9.65 Å². The van der Waals surface area contributed by atoms with Gasteiger partial charge in [-0.2, -0.15) is 10.2 Å². The molecule has 0 amide bonds. The molecule has 0 unspecified atom stereocenters. The van der Waals surface area contributed by atoms with Crippen molar-refractivity contribution >= 4 is 17.5 Å². The van der Waals surface area contributed by atoms with Crippen LogP contribution in [-0.4, -0.2) is 49.2 Å². The quantitative estimate of drug-likeness (QED) is 0.832. The molecule has 1 aromatic heterocycles. The van der Waals surface area contributed by atoms with Gasteiger partial charge in [-0.05, 0) is 31.9 Å². The Morgan fingerprint density at radius 3 is 2.37 bits per heavy atom. The number of nitriles is 1. The van der Waals surface area contributed by atoms with E-state index in [0.29, 0.717) is 18.8 Å². The molecule has 2 aromatic rings. The Labute approximate surface area is 158 Å². The lowest BCUT2D eigenvalue weighted by Gasteiger charge is -2.36. The Kier molecular flexibility index (Phi) is 4.80. The van der Waals surface area contributed by atoms with Gasteiger partial charge >= 0.3 is 0 Å². The van der Waals surface area contributed by atoms with Gasteiger partial charge in [-0.15, -0.1) is 0 Å². The Morgan fingerprint density at radius 2 is 1.67 bits per heavy atom. The molecule has 2 fully saturated rings. The van der Waals surface area contributed by atoms with Gasteiger partial charge in [-0.25, -0.2) is 9.37 Å². The normalized spacial score (nSPS) is 17.3. The average Bonchev–Trinajstić information content (AvgIpc) is 3.22. The summed E-state index contributed by atoms with van der Waals surface area (Å²) in [5.41, 5.74) is 1.76. The summed E-state index contributed by atoms with van der Waals surface area (Å²) in [6, 6.07) is 8.84. The van der Waals surface area contributed by atoms with Gasteiger partial charge in [0.2, 0.25) is 5.95 Å². The molecule has 27 heavy (non-hydrogen) atoms. The number of hydrogen-bond donors (Lipinski definition) is 0. The smallest absolute Gasteiger partial charge is 0.227 e. The van der Waals surface area contributed by atoms with E-state index in [1.54, 1.807) is 6.07 Å². The lowest BCUT2D eigenvalue weighted by atomic mass is 10.1. The van der Waals surface area contributed by atoms with Gasteiger partial charge in [0.1, 0.15) is 23.3 Å². The Hall–Kier alpha value is -2.88. The van der Waals surface area contributed by atoms with Crippen molar-refractivity contribution in [1.29, 1.82) is 5.26 Å². The highest BCUT2D eigenvalue weighted by molar-refractivity contribution is 5.60. The van der Waals surface area contributed by atoms with Crippen molar-refractivity contribution in [3.63, 3.8) is 0 Å². The fourth-order valence-electron chi connectivity index (χ4n) is 3.82. The zero-order valence-electron chi connectivity index (χ0n) is 15.5. The van der Waals surface area contributed by atoms with Crippen molar-refractivity contribution in [2.24, 2.45) is 0 Å². The van der Waals surface area contributed by atoms with Gasteiger partial charge in [0.15, 0.2) is 0 Å². The first-order valence-electron chi connectivity index (χ1n) is 9.45. The molecule has 2 aliphatic heterocycles. The molecule has 2 aliphatic rings. The van der Waals surface area contributed by atoms with Crippen LogP contribution in [0, 0.1) is 24.1 Å². The number of rotatable bonds is 3. The molecule has 0 aliphatic carbocycles. The van der Waals surface area contributed by atoms with Crippen molar-refractivity contribution in [1.82, 2.24) is 9.97 Å².